The number of rotatable bonds is 5. The zero-order valence-corrected chi connectivity index (χ0v) is 9.45. The molecule has 0 aromatic rings. The fourth-order valence-corrected chi connectivity index (χ4v) is 1.09. The van der Waals surface area contributed by atoms with Crippen molar-refractivity contribution in [2.45, 2.75) is 27.2 Å². The van der Waals surface area contributed by atoms with Crippen molar-refractivity contribution in [3.63, 3.8) is 0 Å². The minimum absolute atomic E-state index is 0.000735. The van der Waals surface area contributed by atoms with E-state index in [4.69, 9.17) is 10.2 Å². The lowest BCUT2D eigenvalue weighted by Gasteiger charge is -2.01. The summed E-state index contributed by atoms with van der Waals surface area (Å²) in [6.07, 6.45) is 5.94. The molecule has 3 nitrogen and oxygen atoms in total. The maximum absolute atomic E-state index is 10.7. The molecule has 2 N–H and O–H groups in total. The van der Waals surface area contributed by atoms with Gasteiger partial charge in [-0.1, -0.05) is 30.7 Å². The predicted molar refractivity (Wildman–Crippen MR) is 60.6 cm³/mol. The van der Waals surface area contributed by atoms with Gasteiger partial charge in [0.05, 0.1) is 6.61 Å². The summed E-state index contributed by atoms with van der Waals surface area (Å²) in [6.45, 7) is 5.36. The fourth-order valence-electron chi connectivity index (χ4n) is 1.09. The third-order valence-corrected chi connectivity index (χ3v) is 2.14. The second-order valence-corrected chi connectivity index (χ2v) is 3.27. The Morgan fingerprint density at radius 3 is 2.27 bits per heavy atom. The summed E-state index contributed by atoms with van der Waals surface area (Å²) in [5.41, 5.74) is 2.08. The molecule has 0 spiro atoms. The highest BCUT2D eigenvalue weighted by atomic mass is 16.4. The summed E-state index contributed by atoms with van der Waals surface area (Å²) in [7, 11) is 0. The van der Waals surface area contributed by atoms with Gasteiger partial charge in [-0.2, -0.15) is 0 Å². The molecule has 0 amide bonds. The third-order valence-electron chi connectivity index (χ3n) is 2.14. The lowest BCUT2D eigenvalue weighted by molar-refractivity contribution is -0.132. The molecule has 0 aromatic heterocycles. The number of carboxylic acids is 1. The van der Waals surface area contributed by atoms with Crippen molar-refractivity contribution in [2.24, 2.45) is 0 Å². The van der Waals surface area contributed by atoms with Gasteiger partial charge in [-0.3, -0.25) is 0 Å². The quantitative estimate of drug-likeness (QED) is 0.540. The summed E-state index contributed by atoms with van der Waals surface area (Å²) < 4.78 is 0. The molecule has 0 fully saturated rings. The van der Waals surface area contributed by atoms with Crippen molar-refractivity contribution >= 4 is 5.97 Å². The first-order chi connectivity index (χ1) is 7.02. The number of hydrogen-bond donors (Lipinski definition) is 2. The van der Waals surface area contributed by atoms with Crippen LogP contribution in [0.3, 0.4) is 0 Å². The molecule has 84 valence electrons. The van der Waals surface area contributed by atoms with Crippen LogP contribution in [0.5, 0.6) is 0 Å². The summed E-state index contributed by atoms with van der Waals surface area (Å²) in [5, 5.41) is 17.4. The number of aliphatic hydroxyl groups excluding tert-OH is 1. The first-order valence-corrected chi connectivity index (χ1v) is 4.91. The van der Waals surface area contributed by atoms with Crippen LogP contribution in [0.4, 0.5) is 0 Å². The molecule has 0 unspecified atom stereocenters. The lowest BCUT2D eigenvalue weighted by Crippen LogP contribution is -1.99. The SMILES string of the molecule is CCC(C=CC(C)=CCO)=C(C)C(=O)O. The number of aliphatic hydroxyl groups is 1. The van der Waals surface area contributed by atoms with E-state index in [-0.39, 0.29) is 6.61 Å². The van der Waals surface area contributed by atoms with Gasteiger partial charge in [0.25, 0.3) is 0 Å². The highest BCUT2D eigenvalue weighted by molar-refractivity contribution is 5.87. The van der Waals surface area contributed by atoms with E-state index in [9.17, 15) is 4.79 Å². The van der Waals surface area contributed by atoms with Gasteiger partial charge in [-0.25, -0.2) is 4.79 Å². The summed E-state index contributed by atoms with van der Waals surface area (Å²) in [6, 6.07) is 0. The van der Waals surface area contributed by atoms with Gasteiger partial charge in [-0.05, 0) is 25.8 Å². The second kappa shape index (κ2) is 7.01. The molecule has 0 radical (unpaired) electrons. The maximum Gasteiger partial charge on any atom is 0.331 e. The zero-order chi connectivity index (χ0) is 11.8. The van der Waals surface area contributed by atoms with Crippen molar-refractivity contribution in [1.82, 2.24) is 0 Å². The van der Waals surface area contributed by atoms with Crippen LogP contribution in [0.1, 0.15) is 27.2 Å². The van der Waals surface area contributed by atoms with Crippen molar-refractivity contribution in [1.29, 1.82) is 0 Å². The van der Waals surface area contributed by atoms with Crippen molar-refractivity contribution in [3.05, 3.63) is 34.9 Å². The van der Waals surface area contributed by atoms with Crippen LogP contribution >= 0.6 is 0 Å². The zero-order valence-electron chi connectivity index (χ0n) is 9.45. The summed E-state index contributed by atoms with van der Waals surface area (Å²) in [4.78, 5) is 10.7. The maximum atomic E-state index is 10.7. The smallest absolute Gasteiger partial charge is 0.331 e. The Kier molecular flexibility index (Phi) is 6.38. The van der Waals surface area contributed by atoms with E-state index in [1.165, 1.54) is 0 Å². The molecule has 0 atom stereocenters. The van der Waals surface area contributed by atoms with Gasteiger partial charge in [0, 0.05) is 5.57 Å². The van der Waals surface area contributed by atoms with Crippen LogP contribution in [0.25, 0.3) is 0 Å². The summed E-state index contributed by atoms with van der Waals surface area (Å²) >= 11 is 0. The van der Waals surface area contributed by atoms with E-state index in [2.05, 4.69) is 0 Å². The standard InChI is InChI=1S/C12H18O3/c1-4-11(10(3)12(14)15)6-5-9(2)7-8-13/h5-7,13H,4,8H2,1-3H3,(H,14,15). The molecule has 15 heavy (non-hydrogen) atoms. The Bertz CT molecular complexity index is 309. The molecule has 0 aromatic carbocycles. The predicted octanol–water partition coefficient (Wildman–Crippen LogP) is 2.29. The van der Waals surface area contributed by atoms with Crippen LogP contribution in [0.2, 0.25) is 0 Å². The number of aliphatic carboxylic acids is 1. The minimum Gasteiger partial charge on any atom is -0.478 e. The van der Waals surface area contributed by atoms with E-state index in [1.807, 2.05) is 19.9 Å². The van der Waals surface area contributed by atoms with Gasteiger partial charge < -0.3 is 10.2 Å². The van der Waals surface area contributed by atoms with Gasteiger partial charge in [0.15, 0.2) is 0 Å². The van der Waals surface area contributed by atoms with Crippen LogP contribution in [-0.2, 0) is 4.79 Å². The first kappa shape index (κ1) is 13.7. The van der Waals surface area contributed by atoms with Crippen LogP contribution in [0.15, 0.2) is 34.9 Å². The van der Waals surface area contributed by atoms with Gasteiger partial charge >= 0.3 is 5.97 Å². The second-order valence-electron chi connectivity index (χ2n) is 3.27. The van der Waals surface area contributed by atoms with Crippen LogP contribution in [-0.4, -0.2) is 22.8 Å². The average Bonchev–Trinajstić information content (AvgIpc) is 2.18. The number of carboxylic acid groups (broad SMARTS) is 1. The van der Waals surface area contributed by atoms with Crippen LogP contribution < -0.4 is 0 Å². The number of allylic oxidation sites excluding steroid dienone is 4. The van der Waals surface area contributed by atoms with Gasteiger partial charge in [-0.15, -0.1) is 0 Å². The Morgan fingerprint density at radius 1 is 1.27 bits per heavy atom. The molecular weight excluding hydrogens is 192 g/mol. The normalized spacial score (nSPS) is 14.3. The highest BCUT2D eigenvalue weighted by Gasteiger charge is 2.04. The van der Waals surface area contributed by atoms with E-state index in [1.54, 1.807) is 19.1 Å². The highest BCUT2D eigenvalue weighted by Crippen LogP contribution is 2.11. The Hall–Kier alpha value is -1.35. The Labute approximate surface area is 90.4 Å². The van der Waals surface area contributed by atoms with Crippen molar-refractivity contribution in [3.8, 4) is 0 Å². The molecule has 0 saturated carbocycles. The van der Waals surface area contributed by atoms with E-state index in [0.717, 1.165) is 11.1 Å². The number of carbonyl (C=O) groups is 1. The average molecular weight is 210 g/mol. The Balaban J connectivity index is 4.82. The van der Waals surface area contributed by atoms with Crippen LogP contribution in [0, 0.1) is 0 Å². The molecule has 0 saturated heterocycles. The largest absolute Gasteiger partial charge is 0.478 e. The Morgan fingerprint density at radius 2 is 1.87 bits per heavy atom. The molecule has 0 heterocycles. The van der Waals surface area contributed by atoms with Crippen molar-refractivity contribution in [2.75, 3.05) is 6.61 Å². The molecule has 0 aliphatic rings. The van der Waals surface area contributed by atoms with Gasteiger partial charge in [0.2, 0.25) is 0 Å². The fraction of sp³-hybridized carbons (Fsp3) is 0.417. The van der Waals surface area contributed by atoms with E-state index in [0.29, 0.717) is 12.0 Å². The van der Waals surface area contributed by atoms with E-state index < -0.39 is 5.97 Å². The monoisotopic (exact) mass is 210 g/mol. The molecule has 0 rings (SSSR count). The molecule has 0 aliphatic heterocycles. The van der Waals surface area contributed by atoms with Crippen molar-refractivity contribution < 1.29 is 15.0 Å². The van der Waals surface area contributed by atoms with E-state index >= 15 is 0 Å². The lowest BCUT2D eigenvalue weighted by atomic mass is 10.1. The molecule has 3 heteroatoms. The molecule has 0 aliphatic carbocycles. The first-order valence-electron chi connectivity index (χ1n) is 4.91. The topological polar surface area (TPSA) is 57.5 Å². The minimum atomic E-state index is -0.889. The number of hydrogen-bond acceptors (Lipinski definition) is 2. The molecular formula is C12H18O3. The molecule has 0 bridgehead atoms. The summed E-state index contributed by atoms with van der Waals surface area (Å²) in [5.74, 6) is -0.889. The third kappa shape index (κ3) is 5.18. The van der Waals surface area contributed by atoms with Gasteiger partial charge in [0.1, 0.15) is 0 Å².